The maximum Gasteiger partial charge on any atom is 0.257 e. The van der Waals surface area contributed by atoms with E-state index in [1.165, 1.54) is 0 Å². The minimum atomic E-state index is -1.42. The van der Waals surface area contributed by atoms with Crippen molar-refractivity contribution in [2.45, 2.75) is 43.6 Å². The number of nitrogens with one attached hydrogen (secondary N) is 1. The Balaban J connectivity index is 1.22. The first kappa shape index (κ1) is 18.6. The average Bonchev–Trinajstić information content (AvgIpc) is 3.28. The molecule has 0 aromatic heterocycles. The molecule has 5 rings (SSSR count). The van der Waals surface area contributed by atoms with Crippen molar-refractivity contribution >= 4 is 5.91 Å². The van der Waals surface area contributed by atoms with Crippen LogP contribution in [0.5, 0.6) is 0 Å². The third-order valence-electron chi connectivity index (χ3n) is 7.17. The largest absolute Gasteiger partial charge is 0.375 e. The molecule has 2 saturated heterocycles. The van der Waals surface area contributed by atoms with E-state index in [0.717, 1.165) is 50.9 Å². The van der Waals surface area contributed by atoms with Crippen molar-refractivity contribution < 1.29 is 19.4 Å². The van der Waals surface area contributed by atoms with Gasteiger partial charge in [-0.3, -0.25) is 9.69 Å². The maximum atomic E-state index is 13.3. The lowest BCUT2D eigenvalue weighted by Gasteiger charge is -2.33. The summed E-state index contributed by atoms with van der Waals surface area (Å²) in [6.45, 7) is 4.11. The number of carbonyl (C=O) groups is 1. The van der Waals surface area contributed by atoms with Crippen molar-refractivity contribution in [3.05, 3.63) is 35.9 Å². The number of piperidine rings is 1. The third-order valence-corrected chi connectivity index (χ3v) is 7.17. The highest BCUT2D eigenvalue weighted by Crippen LogP contribution is 2.47. The molecule has 2 heterocycles. The Kier molecular flexibility index (Phi) is 4.91. The molecule has 0 radical (unpaired) electrons. The van der Waals surface area contributed by atoms with Gasteiger partial charge >= 0.3 is 0 Å². The van der Waals surface area contributed by atoms with E-state index in [2.05, 4.69) is 10.2 Å². The van der Waals surface area contributed by atoms with Crippen molar-refractivity contribution in [1.82, 2.24) is 10.2 Å². The van der Waals surface area contributed by atoms with Crippen LogP contribution in [0.1, 0.15) is 31.2 Å². The van der Waals surface area contributed by atoms with E-state index < -0.39 is 5.60 Å². The second kappa shape index (κ2) is 7.41. The Morgan fingerprint density at radius 1 is 1.11 bits per heavy atom. The SMILES string of the molecule is O=C(NC1C2CN(CC3OCCO3)CC21)C(O)(c1ccccc1)C1CCCC1. The standard InChI is InChI=1S/C22H30N2O4/c25-21(22(26,16-8-4-5-9-16)15-6-2-1-3-7-15)23-20-17-12-24(13-18(17)20)14-19-27-10-11-28-19/h1-3,6-7,16-20,26H,4-5,8-14H2,(H,23,25). The smallest absolute Gasteiger partial charge is 0.257 e. The van der Waals surface area contributed by atoms with Crippen LogP contribution < -0.4 is 5.32 Å². The molecular weight excluding hydrogens is 356 g/mol. The molecule has 6 nitrogen and oxygen atoms in total. The molecule has 2 saturated carbocycles. The summed E-state index contributed by atoms with van der Waals surface area (Å²) >= 11 is 0. The van der Waals surface area contributed by atoms with Gasteiger partial charge in [0.25, 0.3) is 5.91 Å². The molecule has 2 aliphatic carbocycles. The van der Waals surface area contributed by atoms with Gasteiger partial charge in [0, 0.05) is 31.6 Å². The van der Waals surface area contributed by atoms with Crippen LogP contribution in [0.2, 0.25) is 0 Å². The summed E-state index contributed by atoms with van der Waals surface area (Å²) < 4.78 is 11.1. The number of likely N-dealkylation sites (tertiary alicyclic amines) is 1. The van der Waals surface area contributed by atoms with Gasteiger partial charge in [0.2, 0.25) is 0 Å². The van der Waals surface area contributed by atoms with Crippen LogP contribution in [0, 0.1) is 17.8 Å². The number of aliphatic hydroxyl groups is 1. The topological polar surface area (TPSA) is 71.0 Å². The summed E-state index contributed by atoms with van der Waals surface area (Å²) in [5.74, 6) is 0.753. The van der Waals surface area contributed by atoms with E-state index in [1.54, 1.807) is 0 Å². The molecule has 152 valence electrons. The first-order valence-electron chi connectivity index (χ1n) is 10.7. The number of hydrogen-bond donors (Lipinski definition) is 2. The molecule has 2 aliphatic heterocycles. The highest BCUT2D eigenvalue weighted by molar-refractivity contribution is 5.87. The lowest BCUT2D eigenvalue weighted by Crippen LogP contribution is -2.51. The molecule has 0 bridgehead atoms. The zero-order valence-electron chi connectivity index (χ0n) is 16.3. The summed E-state index contributed by atoms with van der Waals surface area (Å²) in [4.78, 5) is 15.6. The zero-order chi connectivity index (χ0) is 19.1. The molecule has 0 spiro atoms. The Morgan fingerprint density at radius 3 is 2.39 bits per heavy atom. The fourth-order valence-corrected chi connectivity index (χ4v) is 5.55. The highest BCUT2D eigenvalue weighted by atomic mass is 16.7. The van der Waals surface area contributed by atoms with Crippen LogP contribution in [0.15, 0.2) is 30.3 Å². The van der Waals surface area contributed by atoms with Crippen LogP contribution in [-0.4, -0.2) is 61.1 Å². The van der Waals surface area contributed by atoms with Gasteiger partial charge in [-0.2, -0.15) is 0 Å². The quantitative estimate of drug-likeness (QED) is 0.775. The molecule has 4 aliphatic rings. The van der Waals surface area contributed by atoms with Crippen molar-refractivity contribution in [3.63, 3.8) is 0 Å². The Morgan fingerprint density at radius 2 is 1.75 bits per heavy atom. The number of hydrogen-bond acceptors (Lipinski definition) is 5. The minimum absolute atomic E-state index is 0.00153. The van der Waals surface area contributed by atoms with E-state index in [9.17, 15) is 9.90 Å². The number of benzene rings is 1. The normalized spacial score (nSPS) is 33.0. The maximum absolute atomic E-state index is 13.3. The van der Waals surface area contributed by atoms with Gasteiger partial charge in [0.1, 0.15) is 0 Å². The van der Waals surface area contributed by atoms with Gasteiger partial charge in [-0.15, -0.1) is 0 Å². The van der Waals surface area contributed by atoms with Crippen LogP contribution in [0.3, 0.4) is 0 Å². The molecule has 3 unspecified atom stereocenters. The van der Waals surface area contributed by atoms with Crippen molar-refractivity contribution in [1.29, 1.82) is 0 Å². The van der Waals surface area contributed by atoms with Gasteiger partial charge in [-0.25, -0.2) is 0 Å². The zero-order valence-corrected chi connectivity index (χ0v) is 16.3. The monoisotopic (exact) mass is 386 g/mol. The molecule has 1 aromatic carbocycles. The minimum Gasteiger partial charge on any atom is -0.375 e. The molecule has 3 atom stereocenters. The van der Waals surface area contributed by atoms with Gasteiger partial charge in [-0.05, 0) is 30.2 Å². The van der Waals surface area contributed by atoms with E-state index in [1.807, 2.05) is 30.3 Å². The van der Waals surface area contributed by atoms with E-state index >= 15 is 0 Å². The second-order valence-electron chi connectivity index (χ2n) is 8.83. The van der Waals surface area contributed by atoms with Gasteiger partial charge in [-0.1, -0.05) is 43.2 Å². The van der Waals surface area contributed by atoms with E-state index in [4.69, 9.17) is 9.47 Å². The molecular formula is C22H30N2O4. The third kappa shape index (κ3) is 3.26. The van der Waals surface area contributed by atoms with Crippen molar-refractivity contribution in [2.75, 3.05) is 32.8 Å². The summed E-state index contributed by atoms with van der Waals surface area (Å²) in [7, 11) is 0. The number of carbonyl (C=O) groups excluding carboxylic acids is 1. The number of fused-ring (bicyclic) bond motifs is 1. The molecule has 1 amide bonds. The highest BCUT2D eigenvalue weighted by Gasteiger charge is 2.58. The predicted octanol–water partition coefficient (Wildman–Crippen LogP) is 1.48. The van der Waals surface area contributed by atoms with Gasteiger partial charge < -0.3 is 19.9 Å². The fraction of sp³-hybridized carbons (Fsp3) is 0.682. The molecule has 2 N–H and O–H groups in total. The Bertz CT molecular complexity index is 690. The molecule has 28 heavy (non-hydrogen) atoms. The molecule has 4 fully saturated rings. The number of rotatable bonds is 6. The predicted molar refractivity (Wildman–Crippen MR) is 103 cm³/mol. The van der Waals surface area contributed by atoms with Crippen molar-refractivity contribution in [3.8, 4) is 0 Å². The number of nitrogens with zero attached hydrogens (tertiary/aromatic N) is 1. The Hall–Kier alpha value is -1.47. The first-order chi connectivity index (χ1) is 13.7. The summed E-state index contributed by atoms with van der Waals surface area (Å²) in [5, 5.41) is 14.8. The number of ether oxygens (including phenoxy) is 2. The van der Waals surface area contributed by atoms with E-state index in [0.29, 0.717) is 25.0 Å². The second-order valence-corrected chi connectivity index (χ2v) is 8.83. The van der Waals surface area contributed by atoms with Crippen molar-refractivity contribution in [2.24, 2.45) is 17.8 Å². The van der Waals surface area contributed by atoms with Crippen LogP contribution in [0.25, 0.3) is 0 Å². The van der Waals surface area contributed by atoms with Crippen LogP contribution >= 0.6 is 0 Å². The van der Waals surface area contributed by atoms with Crippen LogP contribution in [0.4, 0.5) is 0 Å². The fourth-order valence-electron chi connectivity index (χ4n) is 5.55. The summed E-state index contributed by atoms with van der Waals surface area (Å²) in [6.07, 6.45) is 3.89. The lowest BCUT2D eigenvalue weighted by atomic mass is 9.79. The van der Waals surface area contributed by atoms with E-state index in [-0.39, 0.29) is 24.2 Å². The van der Waals surface area contributed by atoms with Gasteiger partial charge in [0.05, 0.1) is 13.2 Å². The molecule has 1 aromatic rings. The summed E-state index contributed by atoms with van der Waals surface area (Å²) in [6, 6.07) is 9.68. The van der Waals surface area contributed by atoms with Gasteiger partial charge in [0.15, 0.2) is 11.9 Å². The first-order valence-corrected chi connectivity index (χ1v) is 10.7. The molecule has 6 heteroatoms. The summed E-state index contributed by atoms with van der Waals surface area (Å²) in [5.41, 5.74) is -0.692. The number of amides is 1. The lowest BCUT2D eigenvalue weighted by molar-refractivity contribution is -0.147. The van der Waals surface area contributed by atoms with Crippen LogP contribution in [-0.2, 0) is 19.9 Å². The Labute approximate surface area is 166 Å². The average molecular weight is 386 g/mol.